The second kappa shape index (κ2) is 5.65. The summed E-state index contributed by atoms with van der Waals surface area (Å²) < 4.78 is 0. The van der Waals surface area contributed by atoms with E-state index in [4.69, 9.17) is 0 Å². The van der Waals surface area contributed by atoms with Crippen LogP contribution in [-0.2, 0) is 0 Å². The molecule has 2 N–H and O–H groups in total. The van der Waals surface area contributed by atoms with Crippen molar-refractivity contribution >= 4 is 11.9 Å². The lowest BCUT2D eigenvalue weighted by molar-refractivity contribution is -0.136. The Kier molecular flexibility index (Phi) is 3.58. The van der Waals surface area contributed by atoms with E-state index in [1.165, 1.54) is 0 Å². The van der Waals surface area contributed by atoms with Crippen molar-refractivity contribution in [2.75, 3.05) is 19.0 Å². The molecule has 1 aromatic heterocycles. The van der Waals surface area contributed by atoms with Crippen LogP contribution in [0.5, 0.6) is 0 Å². The zero-order valence-corrected chi connectivity index (χ0v) is 15.6. The van der Waals surface area contributed by atoms with Crippen molar-refractivity contribution < 1.29 is 9.90 Å². The van der Waals surface area contributed by atoms with Gasteiger partial charge in [0.2, 0.25) is 5.95 Å². The monoisotopic (exact) mass is 356 g/mol. The van der Waals surface area contributed by atoms with E-state index in [0.29, 0.717) is 35.2 Å². The Morgan fingerprint density at radius 2 is 1.92 bits per heavy atom. The van der Waals surface area contributed by atoms with Crippen molar-refractivity contribution in [2.45, 2.75) is 62.5 Å². The van der Waals surface area contributed by atoms with Crippen molar-refractivity contribution in [1.29, 1.82) is 0 Å². The van der Waals surface area contributed by atoms with Crippen molar-refractivity contribution in [1.82, 2.24) is 15.3 Å². The number of rotatable bonds is 4. The van der Waals surface area contributed by atoms with E-state index in [0.717, 1.165) is 50.6 Å². The zero-order chi connectivity index (χ0) is 18.1. The topological polar surface area (TPSA) is 78.4 Å². The Hall–Kier alpha value is -1.69. The molecule has 5 aliphatic rings. The molecule has 6 nitrogen and oxygen atoms in total. The van der Waals surface area contributed by atoms with Crippen LogP contribution in [0.4, 0.5) is 5.95 Å². The van der Waals surface area contributed by atoms with Gasteiger partial charge < -0.3 is 15.3 Å². The van der Waals surface area contributed by atoms with Crippen molar-refractivity contribution in [3.8, 4) is 0 Å². The second-order valence-electron chi connectivity index (χ2n) is 9.33. The van der Waals surface area contributed by atoms with Gasteiger partial charge in [-0.3, -0.25) is 4.79 Å². The summed E-state index contributed by atoms with van der Waals surface area (Å²) >= 11 is 0. The van der Waals surface area contributed by atoms with E-state index in [2.05, 4.69) is 15.3 Å². The van der Waals surface area contributed by atoms with Crippen LogP contribution >= 0.6 is 0 Å². The van der Waals surface area contributed by atoms with E-state index in [1.807, 2.05) is 19.0 Å². The van der Waals surface area contributed by atoms with E-state index < -0.39 is 5.60 Å². The summed E-state index contributed by atoms with van der Waals surface area (Å²) in [5, 5.41) is 14.1. The summed E-state index contributed by atoms with van der Waals surface area (Å²) in [5.41, 5.74) is 1.09. The number of carbonyl (C=O) groups excluding carboxylic acids is 1. The standard InChI is InChI=1S/C20H28N4O2/c1-24(2)19-21-10-15(17(23-19)12-3-4-12)18(25)22-16-13-5-11-6-14(16)9-20(26,7-11)8-13/h10-14,16,26H,3-9H2,1-2H3,(H,22,25)/t11?,13?,14?,16-,20+. The molecule has 6 heteroatoms. The smallest absolute Gasteiger partial charge is 0.254 e. The summed E-state index contributed by atoms with van der Waals surface area (Å²) in [6, 6.07) is 0.194. The van der Waals surface area contributed by atoms with Gasteiger partial charge in [0.15, 0.2) is 0 Å². The van der Waals surface area contributed by atoms with Gasteiger partial charge in [-0.1, -0.05) is 0 Å². The second-order valence-corrected chi connectivity index (χ2v) is 9.33. The molecule has 0 spiro atoms. The SMILES string of the molecule is CN(C)c1ncc(C(=O)N[C@H]2C3CC4CC2C[C@@](O)(C4)C3)c(C2CC2)n1. The molecule has 4 bridgehead atoms. The summed E-state index contributed by atoms with van der Waals surface area (Å²) in [4.78, 5) is 24.0. The molecule has 5 aliphatic carbocycles. The number of nitrogens with zero attached hydrogens (tertiary/aromatic N) is 3. The first-order chi connectivity index (χ1) is 12.4. The highest BCUT2D eigenvalue weighted by molar-refractivity contribution is 5.95. The molecule has 0 aliphatic heterocycles. The molecule has 26 heavy (non-hydrogen) atoms. The lowest BCUT2D eigenvalue weighted by Gasteiger charge is -2.58. The number of hydrogen-bond acceptors (Lipinski definition) is 5. The van der Waals surface area contributed by atoms with Gasteiger partial charge in [-0.15, -0.1) is 0 Å². The normalized spacial score (nSPS) is 37.7. The minimum Gasteiger partial charge on any atom is -0.390 e. The van der Waals surface area contributed by atoms with Gasteiger partial charge in [-0.25, -0.2) is 9.97 Å². The zero-order valence-electron chi connectivity index (χ0n) is 15.6. The van der Waals surface area contributed by atoms with Crippen LogP contribution < -0.4 is 10.2 Å². The molecule has 140 valence electrons. The minimum atomic E-state index is -0.465. The molecule has 0 aromatic carbocycles. The fraction of sp³-hybridized carbons (Fsp3) is 0.750. The molecule has 5 saturated carbocycles. The first kappa shape index (κ1) is 16.5. The number of anilines is 1. The summed E-state index contributed by atoms with van der Waals surface area (Å²) in [5.74, 6) is 2.53. The predicted octanol–water partition coefficient (Wildman–Crippen LogP) is 2.09. The van der Waals surface area contributed by atoms with Gasteiger partial charge in [-0.2, -0.15) is 0 Å². The Bertz CT molecular complexity index is 729. The molecular formula is C20H28N4O2. The van der Waals surface area contributed by atoms with Gasteiger partial charge >= 0.3 is 0 Å². The van der Waals surface area contributed by atoms with Gasteiger partial charge in [0.1, 0.15) is 0 Å². The number of amides is 1. The Morgan fingerprint density at radius 3 is 2.50 bits per heavy atom. The Balaban J connectivity index is 1.38. The van der Waals surface area contributed by atoms with Crippen molar-refractivity contribution in [2.24, 2.45) is 17.8 Å². The number of carbonyl (C=O) groups is 1. The van der Waals surface area contributed by atoms with E-state index in [9.17, 15) is 9.90 Å². The first-order valence-electron chi connectivity index (χ1n) is 9.99. The minimum absolute atomic E-state index is 0.0262. The maximum atomic E-state index is 13.1. The lowest BCUT2D eigenvalue weighted by Crippen LogP contribution is -2.61. The number of hydrogen-bond donors (Lipinski definition) is 2. The molecule has 5 fully saturated rings. The maximum absolute atomic E-state index is 13.1. The van der Waals surface area contributed by atoms with Crippen LogP contribution in [-0.4, -0.2) is 46.7 Å². The summed E-state index contributed by atoms with van der Waals surface area (Å²) in [6.45, 7) is 0. The third-order valence-corrected chi connectivity index (χ3v) is 6.95. The van der Waals surface area contributed by atoms with Crippen LogP contribution in [0.25, 0.3) is 0 Å². The van der Waals surface area contributed by atoms with Crippen molar-refractivity contribution in [3.05, 3.63) is 17.5 Å². The molecule has 1 heterocycles. The Morgan fingerprint density at radius 1 is 1.23 bits per heavy atom. The molecule has 2 unspecified atom stereocenters. The number of nitrogens with one attached hydrogen (secondary N) is 1. The summed E-state index contributed by atoms with van der Waals surface area (Å²) in [7, 11) is 3.84. The number of aromatic nitrogens is 2. The largest absolute Gasteiger partial charge is 0.390 e. The molecule has 0 radical (unpaired) electrons. The van der Waals surface area contributed by atoms with Crippen LogP contribution in [0.2, 0.25) is 0 Å². The van der Waals surface area contributed by atoms with E-state index >= 15 is 0 Å². The quantitative estimate of drug-likeness (QED) is 0.864. The van der Waals surface area contributed by atoms with Crippen LogP contribution in [0.15, 0.2) is 6.20 Å². The molecular weight excluding hydrogens is 328 g/mol. The predicted molar refractivity (Wildman–Crippen MR) is 98.1 cm³/mol. The highest BCUT2D eigenvalue weighted by Crippen LogP contribution is 2.55. The fourth-order valence-electron chi connectivity index (χ4n) is 5.89. The average molecular weight is 356 g/mol. The highest BCUT2D eigenvalue weighted by Gasteiger charge is 2.55. The van der Waals surface area contributed by atoms with Gasteiger partial charge in [-0.05, 0) is 62.7 Å². The number of aliphatic hydroxyl groups is 1. The lowest BCUT2D eigenvalue weighted by atomic mass is 9.52. The van der Waals surface area contributed by atoms with Gasteiger partial charge in [0.05, 0.1) is 16.9 Å². The van der Waals surface area contributed by atoms with Gasteiger partial charge in [0.25, 0.3) is 5.91 Å². The Labute approximate surface area is 154 Å². The fourth-order valence-corrected chi connectivity index (χ4v) is 5.89. The molecule has 1 amide bonds. The van der Waals surface area contributed by atoms with Crippen molar-refractivity contribution in [3.63, 3.8) is 0 Å². The molecule has 2 atom stereocenters. The van der Waals surface area contributed by atoms with E-state index in [1.54, 1.807) is 6.20 Å². The van der Waals surface area contributed by atoms with Crippen LogP contribution in [0.3, 0.4) is 0 Å². The molecule has 0 saturated heterocycles. The average Bonchev–Trinajstić information content (AvgIpc) is 3.40. The van der Waals surface area contributed by atoms with E-state index in [-0.39, 0.29) is 11.9 Å². The van der Waals surface area contributed by atoms with Gasteiger partial charge in [0, 0.05) is 32.3 Å². The molecule has 1 aromatic rings. The maximum Gasteiger partial charge on any atom is 0.254 e. The molecule has 6 rings (SSSR count). The van der Waals surface area contributed by atoms with Crippen LogP contribution in [0.1, 0.15) is 66.9 Å². The first-order valence-corrected chi connectivity index (χ1v) is 9.99. The third kappa shape index (κ3) is 2.70. The van der Waals surface area contributed by atoms with Crippen LogP contribution in [0, 0.1) is 17.8 Å². The summed E-state index contributed by atoms with van der Waals surface area (Å²) in [6.07, 6.45) is 8.86. The highest BCUT2D eigenvalue weighted by atomic mass is 16.3. The third-order valence-electron chi connectivity index (χ3n) is 6.95.